The van der Waals surface area contributed by atoms with E-state index >= 15 is 0 Å². The van der Waals surface area contributed by atoms with Crippen LogP contribution in [0.15, 0.2) is 60.0 Å². The number of rotatable bonds is 5. The van der Waals surface area contributed by atoms with Crippen LogP contribution >= 0.6 is 11.3 Å². The molecule has 7 heteroatoms. The maximum atomic E-state index is 14.1. The average Bonchev–Trinajstić information content (AvgIpc) is 3.12. The third-order valence-electron chi connectivity index (χ3n) is 3.80. The Morgan fingerprint density at radius 1 is 1.14 bits per heavy atom. The molecule has 2 aromatic carbocycles. The predicted octanol–water partition coefficient (Wildman–Crippen LogP) is 4.89. The molecular formula is C21H17FN2O3S. The van der Waals surface area contributed by atoms with Crippen LogP contribution in [0.3, 0.4) is 0 Å². The Balaban J connectivity index is 1.76. The molecule has 142 valence electrons. The molecule has 1 aromatic heterocycles. The third-order valence-corrected chi connectivity index (χ3v) is 4.65. The van der Waals surface area contributed by atoms with Crippen molar-refractivity contribution in [2.45, 2.75) is 13.8 Å². The van der Waals surface area contributed by atoms with E-state index in [1.165, 1.54) is 47.4 Å². The van der Waals surface area contributed by atoms with Crippen LogP contribution in [0.4, 0.5) is 15.2 Å². The molecule has 3 rings (SSSR count). The Hall–Kier alpha value is -3.32. The molecule has 0 aliphatic rings. The highest BCUT2D eigenvalue weighted by molar-refractivity contribution is 7.14. The van der Waals surface area contributed by atoms with Crippen molar-refractivity contribution in [3.8, 4) is 5.75 Å². The van der Waals surface area contributed by atoms with Gasteiger partial charge in [-0.2, -0.15) is 0 Å². The van der Waals surface area contributed by atoms with E-state index in [0.717, 1.165) is 5.56 Å². The van der Waals surface area contributed by atoms with Crippen LogP contribution in [0.2, 0.25) is 0 Å². The summed E-state index contributed by atoms with van der Waals surface area (Å²) in [6.45, 7) is 3.18. The molecule has 28 heavy (non-hydrogen) atoms. The maximum Gasteiger partial charge on any atom is 0.336 e. The van der Waals surface area contributed by atoms with Gasteiger partial charge in [-0.1, -0.05) is 30.3 Å². The van der Waals surface area contributed by atoms with Gasteiger partial charge in [0.15, 0.2) is 5.13 Å². The number of para-hydroxylation sites is 2. The van der Waals surface area contributed by atoms with Crippen molar-refractivity contribution in [2.75, 3.05) is 4.90 Å². The third kappa shape index (κ3) is 4.50. The lowest BCUT2D eigenvalue weighted by molar-refractivity contribution is -0.129. The van der Waals surface area contributed by atoms with E-state index in [0.29, 0.717) is 16.6 Å². The maximum absolute atomic E-state index is 14.1. The minimum atomic E-state index is -0.540. The average molecular weight is 396 g/mol. The summed E-state index contributed by atoms with van der Waals surface area (Å²) in [5.74, 6) is -0.944. The molecule has 1 heterocycles. The Labute approximate surface area is 165 Å². The van der Waals surface area contributed by atoms with Crippen molar-refractivity contribution in [1.82, 2.24) is 4.98 Å². The number of hydrogen-bond donors (Lipinski definition) is 0. The minimum absolute atomic E-state index is 0.124. The smallest absolute Gasteiger partial charge is 0.336 e. The number of thiazole rings is 1. The monoisotopic (exact) mass is 396 g/mol. The molecule has 0 atom stereocenters. The van der Waals surface area contributed by atoms with E-state index in [2.05, 4.69) is 4.98 Å². The Morgan fingerprint density at radius 2 is 1.86 bits per heavy atom. The molecule has 0 aliphatic heterocycles. The molecule has 1 amide bonds. The van der Waals surface area contributed by atoms with Crippen LogP contribution in [0.5, 0.6) is 5.75 Å². The molecule has 0 radical (unpaired) electrons. The zero-order chi connectivity index (χ0) is 20.1. The number of carbonyl (C=O) groups is 2. The summed E-state index contributed by atoms with van der Waals surface area (Å²) < 4.78 is 19.4. The van der Waals surface area contributed by atoms with Crippen molar-refractivity contribution in [3.63, 3.8) is 0 Å². The lowest BCUT2D eigenvalue weighted by Gasteiger charge is -2.18. The first-order valence-corrected chi connectivity index (χ1v) is 9.30. The summed E-state index contributed by atoms with van der Waals surface area (Å²) in [7, 11) is 0. The normalized spacial score (nSPS) is 10.8. The van der Waals surface area contributed by atoms with Gasteiger partial charge in [-0.3, -0.25) is 9.69 Å². The van der Waals surface area contributed by atoms with E-state index in [1.54, 1.807) is 29.6 Å². The van der Waals surface area contributed by atoms with Crippen LogP contribution in [0, 0.1) is 12.7 Å². The van der Waals surface area contributed by atoms with Crippen molar-refractivity contribution < 1.29 is 18.7 Å². The van der Waals surface area contributed by atoms with Gasteiger partial charge >= 0.3 is 5.97 Å². The SMILES string of the molecule is CC(=O)N(c1nc(/C=C/C(=O)Oc2ccccc2C)cs1)c1ccccc1F. The van der Waals surface area contributed by atoms with Crippen molar-refractivity contribution >= 4 is 40.1 Å². The number of nitrogens with zero attached hydrogens (tertiary/aromatic N) is 2. The first kappa shape index (κ1) is 19.4. The predicted molar refractivity (Wildman–Crippen MR) is 107 cm³/mol. The highest BCUT2D eigenvalue weighted by Gasteiger charge is 2.20. The largest absolute Gasteiger partial charge is 0.423 e. The zero-order valence-corrected chi connectivity index (χ0v) is 16.1. The lowest BCUT2D eigenvalue weighted by atomic mass is 10.2. The Kier molecular flexibility index (Phi) is 5.96. The van der Waals surface area contributed by atoms with Gasteiger partial charge in [-0.15, -0.1) is 11.3 Å². The van der Waals surface area contributed by atoms with Gasteiger partial charge in [0.25, 0.3) is 0 Å². The van der Waals surface area contributed by atoms with Crippen molar-refractivity contribution in [1.29, 1.82) is 0 Å². The molecular weight excluding hydrogens is 379 g/mol. The molecule has 0 N–H and O–H groups in total. The zero-order valence-electron chi connectivity index (χ0n) is 15.3. The number of anilines is 2. The standard InChI is InChI=1S/C21H17FN2O3S/c1-14-7-3-6-10-19(14)27-20(26)12-11-16-13-28-21(23-16)24(15(2)25)18-9-5-4-8-17(18)22/h3-13H,1-2H3/b12-11+. The number of hydrogen-bond acceptors (Lipinski definition) is 5. The number of halogens is 1. The molecule has 0 fully saturated rings. The van der Waals surface area contributed by atoms with Crippen LogP contribution < -0.4 is 9.64 Å². The summed E-state index contributed by atoms with van der Waals surface area (Å²) >= 11 is 1.17. The van der Waals surface area contributed by atoms with Gasteiger partial charge < -0.3 is 4.74 Å². The second-order valence-electron chi connectivity index (χ2n) is 5.88. The van der Waals surface area contributed by atoms with Crippen LogP contribution in [-0.4, -0.2) is 16.9 Å². The molecule has 0 spiro atoms. The fourth-order valence-electron chi connectivity index (χ4n) is 2.46. The van der Waals surface area contributed by atoms with E-state index in [9.17, 15) is 14.0 Å². The van der Waals surface area contributed by atoms with Gasteiger partial charge in [-0.25, -0.2) is 14.2 Å². The summed E-state index contributed by atoms with van der Waals surface area (Å²) in [6, 6.07) is 13.2. The first-order valence-electron chi connectivity index (χ1n) is 8.42. The van der Waals surface area contributed by atoms with E-state index in [4.69, 9.17) is 4.74 Å². The van der Waals surface area contributed by atoms with Crippen molar-refractivity contribution in [2.24, 2.45) is 0 Å². The minimum Gasteiger partial charge on any atom is -0.423 e. The number of ether oxygens (including phenoxy) is 1. The number of aryl methyl sites for hydroxylation is 1. The van der Waals surface area contributed by atoms with E-state index in [1.807, 2.05) is 19.1 Å². The number of carbonyl (C=O) groups excluding carboxylic acids is 2. The summed E-state index contributed by atoms with van der Waals surface area (Å²) in [6.07, 6.45) is 2.74. The number of benzene rings is 2. The second-order valence-corrected chi connectivity index (χ2v) is 6.72. The van der Waals surface area contributed by atoms with Gasteiger partial charge in [-0.05, 0) is 36.8 Å². The van der Waals surface area contributed by atoms with Crippen LogP contribution in [0.25, 0.3) is 6.08 Å². The van der Waals surface area contributed by atoms with Gasteiger partial charge in [0.2, 0.25) is 5.91 Å². The summed E-state index contributed by atoms with van der Waals surface area (Å²) in [5, 5.41) is 1.98. The van der Waals surface area contributed by atoms with Crippen LogP contribution in [0.1, 0.15) is 18.2 Å². The molecule has 0 bridgehead atoms. The number of esters is 1. The lowest BCUT2D eigenvalue weighted by Crippen LogP contribution is -2.23. The molecule has 0 aliphatic carbocycles. The van der Waals surface area contributed by atoms with E-state index < -0.39 is 11.8 Å². The van der Waals surface area contributed by atoms with Gasteiger partial charge in [0.05, 0.1) is 11.4 Å². The second kappa shape index (κ2) is 8.58. The fraction of sp³-hybridized carbons (Fsp3) is 0.0952. The molecule has 0 saturated carbocycles. The van der Waals surface area contributed by atoms with Gasteiger partial charge in [0, 0.05) is 18.4 Å². The molecule has 0 unspecified atom stereocenters. The summed E-state index contributed by atoms with van der Waals surface area (Å²) in [5.41, 5.74) is 1.44. The van der Waals surface area contributed by atoms with E-state index in [-0.39, 0.29) is 11.6 Å². The first-order chi connectivity index (χ1) is 13.5. The van der Waals surface area contributed by atoms with Gasteiger partial charge in [0.1, 0.15) is 11.6 Å². The Bertz CT molecular complexity index is 1050. The molecule has 3 aromatic rings. The van der Waals surface area contributed by atoms with Crippen molar-refractivity contribution in [3.05, 3.63) is 77.1 Å². The highest BCUT2D eigenvalue weighted by Crippen LogP contribution is 2.31. The summed E-state index contributed by atoms with van der Waals surface area (Å²) in [4.78, 5) is 29.6. The van der Waals surface area contributed by atoms with Crippen LogP contribution in [-0.2, 0) is 9.59 Å². The molecule has 0 saturated heterocycles. The topological polar surface area (TPSA) is 59.5 Å². The fourth-order valence-corrected chi connectivity index (χ4v) is 3.31. The number of aromatic nitrogens is 1. The Morgan fingerprint density at radius 3 is 2.57 bits per heavy atom. The quantitative estimate of drug-likeness (QED) is 0.350. The molecule has 5 nitrogen and oxygen atoms in total. The highest BCUT2D eigenvalue weighted by atomic mass is 32.1. The number of amides is 1.